The van der Waals surface area contributed by atoms with Gasteiger partial charge in [0.2, 0.25) is 5.91 Å². The first-order valence-corrected chi connectivity index (χ1v) is 10.4. The van der Waals surface area contributed by atoms with E-state index < -0.39 is 11.9 Å². The molecule has 0 saturated heterocycles. The lowest BCUT2D eigenvalue weighted by Gasteiger charge is -2.19. The Balaban J connectivity index is 1.73. The molecule has 3 aromatic carbocycles. The maximum atomic E-state index is 13.1. The lowest BCUT2D eigenvalue weighted by atomic mass is 10.0. The molecule has 3 aromatic rings. The molecule has 0 saturated carbocycles. The van der Waals surface area contributed by atoms with Crippen molar-refractivity contribution in [3.05, 3.63) is 90.0 Å². The summed E-state index contributed by atoms with van der Waals surface area (Å²) in [7, 11) is 1.56. The van der Waals surface area contributed by atoms with E-state index in [2.05, 4.69) is 10.6 Å². The maximum absolute atomic E-state index is 13.1. The maximum Gasteiger partial charge on any atom is 0.281 e. The zero-order chi connectivity index (χ0) is 24.3. The highest BCUT2D eigenvalue weighted by Gasteiger charge is 2.22. The van der Waals surface area contributed by atoms with Gasteiger partial charge >= 0.3 is 0 Å². The Hall–Kier alpha value is -4.37. The summed E-state index contributed by atoms with van der Waals surface area (Å²) in [5, 5.41) is 14.2. The third-order valence-electron chi connectivity index (χ3n) is 4.87. The second-order valence-corrected chi connectivity index (χ2v) is 7.28. The molecule has 1 atom stereocenters. The number of ether oxygens (including phenoxy) is 2. The summed E-state index contributed by atoms with van der Waals surface area (Å²) in [4.78, 5) is 36.9. The van der Waals surface area contributed by atoms with Crippen LogP contribution in [0, 0.1) is 0 Å². The van der Waals surface area contributed by atoms with E-state index in [4.69, 9.17) is 14.7 Å². The smallest absolute Gasteiger partial charge is 0.281 e. The molecule has 0 aromatic heterocycles. The second kappa shape index (κ2) is 12.0. The minimum Gasteiger partial charge on any atom is -0.497 e. The molecule has 0 heterocycles. The average molecular weight is 463 g/mol. The lowest BCUT2D eigenvalue weighted by Crippen LogP contribution is -2.45. The fourth-order valence-electron chi connectivity index (χ4n) is 3.08. The van der Waals surface area contributed by atoms with Gasteiger partial charge in [0.05, 0.1) is 7.11 Å². The molecule has 0 unspecified atom stereocenters. The molecule has 0 radical (unpaired) electrons. The first-order valence-electron chi connectivity index (χ1n) is 10.4. The molecule has 3 amide bonds. The van der Waals surface area contributed by atoms with Crippen molar-refractivity contribution in [2.75, 3.05) is 19.0 Å². The summed E-state index contributed by atoms with van der Waals surface area (Å²) < 4.78 is 10.4. The number of amides is 3. The minimum absolute atomic E-state index is 0.220. The third kappa shape index (κ3) is 7.07. The summed E-state index contributed by atoms with van der Waals surface area (Å²) in [6.45, 7) is -0.337. The molecule has 9 heteroatoms. The van der Waals surface area contributed by atoms with Crippen molar-refractivity contribution in [1.82, 2.24) is 10.8 Å². The Morgan fingerprint density at radius 2 is 1.53 bits per heavy atom. The lowest BCUT2D eigenvalue weighted by molar-refractivity contribution is -0.131. The van der Waals surface area contributed by atoms with Gasteiger partial charge < -0.3 is 20.1 Å². The average Bonchev–Trinajstić information content (AvgIpc) is 2.88. The quantitative estimate of drug-likeness (QED) is 0.270. The van der Waals surface area contributed by atoms with Crippen LogP contribution in [-0.4, -0.2) is 42.7 Å². The molecule has 0 aliphatic carbocycles. The molecule has 3 rings (SSSR count). The number of carbonyl (C=O) groups is 3. The summed E-state index contributed by atoms with van der Waals surface area (Å²) in [6.07, 6.45) is 0.220. The number of hydrogen-bond donors (Lipinski definition) is 4. The van der Waals surface area contributed by atoms with Crippen LogP contribution < -0.4 is 25.6 Å². The van der Waals surface area contributed by atoms with Crippen molar-refractivity contribution in [3.63, 3.8) is 0 Å². The Labute approximate surface area is 196 Å². The van der Waals surface area contributed by atoms with Gasteiger partial charge in [-0.25, -0.2) is 5.48 Å². The zero-order valence-electron chi connectivity index (χ0n) is 18.5. The van der Waals surface area contributed by atoms with Crippen LogP contribution in [-0.2, 0) is 16.0 Å². The number of anilines is 1. The van der Waals surface area contributed by atoms with E-state index in [9.17, 15) is 14.4 Å². The highest BCUT2D eigenvalue weighted by molar-refractivity contribution is 6.01. The summed E-state index contributed by atoms with van der Waals surface area (Å²) >= 11 is 0. The van der Waals surface area contributed by atoms with Gasteiger partial charge in [0.15, 0.2) is 6.61 Å². The molecule has 176 valence electrons. The Kier molecular flexibility index (Phi) is 8.59. The van der Waals surface area contributed by atoms with Crippen molar-refractivity contribution < 1.29 is 29.1 Å². The number of hydrogen-bond acceptors (Lipinski definition) is 6. The van der Waals surface area contributed by atoms with Gasteiger partial charge in [0, 0.05) is 17.7 Å². The molecular weight excluding hydrogens is 438 g/mol. The predicted molar refractivity (Wildman–Crippen MR) is 125 cm³/mol. The van der Waals surface area contributed by atoms with E-state index in [1.165, 1.54) is 5.48 Å². The van der Waals surface area contributed by atoms with Crippen LogP contribution in [0.25, 0.3) is 0 Å². The van der Waals surface area contributed by atoms with Gasteiger partial charge in [-0.2, -0.15) is 0 Å². The first kappa shape index (κ1) is 24.3. The molecule has 0 bridgehead atoms. The van der Waals surface area contributed by atoms with E-state index in [0.717, 1.165) is 5.56 Å². The van der Waals surface area contributed by atoms with Crippen LogP contribution in [0.2, 0.25) is 0 Å². The van der Waals surface area contributed by atoms with Gasteiger partial charge in [0.1, 0.15) is 17.5 Å². The Morgan fingerprint density at radius 3 is 2.15 bits per heavy atom. The molecule has 34 heavy (non-hydrogen) atoms. The largest absolute Gasteiger partial charge is 0.497 e. The van der Waals surface area contributed by atoms with Crippen LogP contribution in [0.1, 0.15) is 15.9 Å². The molecule has 0 aliphatic heterocycles. The second-order valence-electron chi connectivity index (χ2n) is 7.28. The summed E-state index contributed by atoms with van der Waals surface area (Å²) in [5.41, 5.74) is 3.26. The number of methoxy groups -OCH3 is 1. The number of benzene rings is 3. The molecule has 0 aliphatic rings. The minimum atomic E-state index is -0.859. The number of nitrogens with one attached hydrogen (secondary N) is 3. The van der Waals surface area contributed by atoms with Crippen LogP contribution in [0.5, 0.6) is 11.5 Å². The van der Waals surface area contributed by atoms with Crippen LogP contribution in [0.3, 0.4) is 0 Å². The third-order valence-corrected chi connectivity index (χ3v) is 4.87. The van der Waals surface area contributed by atoms with Crippen molar-refractivity contribution in [2.45, 2.75) is 12.5 Å². The van der Waals surface area contributed by atoms with E-state index >= 15 is 0 Å². The molecule has 0 fully saturated rings. The first-order chi connectivity index (χ1) is 16.5. The fourth-order valence-corrected chi connectivity index (χ4v) is 3.08. The van der Waals surface area contributed by atoms with E-state index in [1.807, 2.05) is 0 Å². The van der Waals surface area contributed by atoms with Gasteiger partial charge in [-0.05, 0) is 54.1 Å². The molecule has 4 N–H and O–H groups in total. The zero-order valence-corrected chi connectivity index (χ0v) is 18.5. The Morgan fingerprint density at radius 1 is 0.882 bits per heavy atom. The van der Waals surface area contributed by atoms with Gasteiger partial charge in [-0.1, -0.05) is 30.3 Å². The van der Waals surface area contributed by atoms with Crippen LogP contribution in [0.15, 0.2) is 78.9 Å². The summed E-state index contributed by atoms with van der Waals surface area (Å²) in [6, 6.07) is 21.4. The standard InChI is InChI=1S/C25H25N3O6/c1-33-20-13-9-19(10-14-20)26-25(31)22(27-24(30)18-5-3-2-4-6-18)15-17-7-11-21(12-8-17)34-16-23(29)28-32/h2-14,22,32H,15-16H2,1H3,(H,26,31)(H,27,30)(H,28,29)/t22-/m0/s1. The fraction of sp³-hybridized carbons (Fsp3) is 0.160. The number of rotatable bonds is 10. The number of hydroxylamine groups is 1. The van der Waals surface area contributed by atoms with Crippen molar-refractivity contribution in [1.29, 1.82) is 0 Å². The van der Waals surface area contributed by atoms with E-state index in [1.54, 1.807) is 86.0 Å². The van der Waals surface area contributed by atoms with E-state index in [0.29, 0.717) is 22.7 Å². The molecule has 0 spiro atoms. The van der Waals surface area contributed by atoms with Gasteiger partial charge in [-0.15, -0.1) is 0 Å². The Bertz CT molecular complexity index is 1100. The summed E-state index contributed by atoms with van der Waals surface area (Å²) in [5.74, 6) is -0.353. The van der Waals surface area contributed by atoms with Crippen LogP contribution >= 0.6 is 0 Å². The van der Waals surface area contributed by atoms with Crippen molar-refractivity contribution in [3.8, 4) is 11.5 Å². The van der Waals surface area contributed by atoms with Crippen molar-refractivity contribution >= 4 is 23.4 Å². The number of carbonyl (C=O) groups excluding carboxylic acids is 3. The monoisotopic (exact) mass is 463 g/mol. The van der Waals surface area contributed by atoms with Gasteiger partial charge in [0.25, 0.3) is 11.8 Å². The van der Waals surface area contributed by atoms with E-state index in [-0.39, 0.29) is 24.8 Å². The normalized spacial score (nSPS) is 11.1. The predicted octanol–water partition coefficient (Wildman–Crippen LogP) is 2.56. The highest BCUT2D eigenvalue weighted by atomic mass is 16.5. The SMILES string of the molecule is COc1ccc(NC(=O)[C@H](Cc2ccc(OCC(=O)NO)cc2)NC(=O)c2ccccc2)cc1. The van der Waals surface area contributed by atoms with Crippen molar-refractivity contribution in [2.24, 2.45) is 0 Å². The molecular formula is C25H25N3O6. The highest BCUT2D eigenvalue weighted by Crippen LogP contribution is 2.17. The van der Waals surface area contributed by atoms with Gasteiger partial charge in [-0.3, -0.25) is 19.6 Å². The topological polar surface area (TPSA) is 126 Å². The van der Waals surface area contributed by atoms with Crippen LogP contribution in [0.4, 0.5) is 5.69 Å². The molecule has 9 nitrogen and oxygen atoms in total.